The number of benzene rings is 1. The van der Waals surface area contributed by atoms with E-state index in [0.29, 0.717) is 22.1 Å². The Hall–Kier alpha value is -0.740. The largest absolute Gasteiger partial charge is 0.313 e. The molecule has 1 N–H and O–H groups in total. The number of rotatable bonds is 4. The summed E-state index contributed by atoms with van der Waals surface area (Å²) in [4.78, 5) is 11.4. The summed E-state index contributed by atoms with van der Waals surface area (Å²) >= 11 is 3.21. The number of ketones is 1. The van der Waals surface area contributed by atoms with Gasteiger partial charge in [0.1, 0.15) is 6.67 Å². The van der Waals surface area contributed by atoms with Crippen LogP contribution in [0.1, 0.15) is 15.9 Å². The molecule has 2 nitrogen and oxygen atoms in total. The SMILES string of the molecule is CNCC(=O)c1ccc(CF)c(Br)c1. The number of alkyl halides is 1. The van der Waals surface area contributed by atoms with Gasteiger partial charge in [0.2, 0.25) is 0 Å². The highest BCUT2D eigenvalue weighted by Gasteiger charge is 2.07. The smallest absolute Gasteiger partial charge is 0.176 e. The number of halogens is 2. The molecule has 0 saturated heterocycles. The third kappa shape index (κ3) is 2.62. The molecule has 14 heavy (non-hydrogen) atoms. The average Bonchev–Trinajstić information content (AvgIpc) is 2.18. The molecule has 0 aliphatic rings. The van der Waals surface area contributed by atoms with Crippen molar-refractivity contribution < 1.29 is 9.18 Å². The number of carbonyl (C=O) groups excluding carboxylic acids is 1. The second kappa shape index (κ2) is 5.22. The van der Waals surface area contributed by atoms with Crippen molar-refractivity contribution in [3.8, 4) is 0 Å². The minimum absolute atomic E-state index is 0.00129. The van der Waals surface area contributed by atoms with Crippen LogP contribution in [-0.4, -0.2) is 19.4 Å². The third-order valence-corrected chi connectivity index (χ3v) is 2.59. The van der Waals surface area contributed by atoms with E-state index in [-0.39, 0.29) is 5.78 Å². The molecule has 1 aromatic rings. The normalized spacial score (nSPS) is 10.2. The molecule has 76 valence electrons. The first kappa shape index (κ1) is 11.3. The first-order valence-corrected chi connectivity index (χ1v) is 5.00. The van der Waals surface area contributed by atoms with Gasteiger partial charge in [0.05, 0.1) is 6.54 Å². The fourth-order valence-corrected chi connectivity index (χ4v) is 1.58. The number of Topliss-reactive ketones (excluding diaryl/α,β-unsaturated/α-hetero) is 1. The van der Waals surface area contributed by atoms with Crippen molar-refractivity contribution in [2.45, 2.75) is 6.67 Å². The van der Waals surface area contributed by atoms with Crippen molar-refractivity contribution in [2.75, 3.05) is 13.6 Å². The van der Waals surface area contributed by atoms with Gasteiger partial charge < -0.3 is 5.32 Å². The van der Waals surface area contributed by atoms with E-state index in [1.54, 1.807) is 25.2 Å². The van der Waals surface area contributed by atoms with E-state index in [0.717, 1.165) is 0 Å². The van der Waals surface area contributed by atoms with Crippen LogP contribution in [0, 0.1) is 0 Å². The van der Waals surface area contributed by atoms with Gasteiger partial charge in [-0.3, -0.25) is 4.79 Å². The molecule has 0 amide bonds. The standard InChI is InChI=1S/C10H11BrFNO/c1-13-6-10(14)7-2-3-8(5-12)9(11)4-7/h2-4,13H,5-6H2,1H3. The molecule has 0 heterocycles. The predicted octanol–water partition coefficient (Wildman–Crippen LogP) is 2.32. The molecule has 1 rings (SSSR count). The Balaban J connectivity index is 2.91. The number of hydrogen-bond acceptors (Lipinski definition) is 2. The van der Waals surface area contributed by atoms with E-state index in [2.05, 4.69) is 21.2 Å². The molecule has 0 bridgehead atoms. The molecule has 0 radical (unpaired) electrons. The van der Waals surface area contributed by atoms with E-state index < -0.39 is 6.67 Å². The summed E-state index contributed by atoms with van der Waals surface area (Å²) < 4.78 is 13.0. The van der Waals surface area contributed by atoms with Crippen molar-refractivity contribution in [3.05, 3.63) is 33.8 Å². The van der Waals surface area contributed by atoms with Crippen molar-refractivity contribution in [3.63, 3.8) is 0 Å². The molecular formula is C10H11BrFNO. The first-order valence-electron chi connectivity index (χ1n) is 4.21. The van der Waals surface area contributed by atoms with Crippen LogP contribution in [0.2, 0.25) is 0 Å². The number of carbonyl (C=O) groups is 1. The van der Waals surface area contributed by atoms with Crippen LogP contribution in [0.25, 0.3) is 0 Å². The van der Waals surface area contributed by atoms with Gasteiger partial charge in [-0.25, -0.2) is 4.39 Å². The molecule has 1 aromatic carbocycles. The first-order chi connectivity index (χ1) is 6.69. The summed E-state index contributed by atoms with van der Waals surface area (Å²) in [6.45, 7) is -0.234. The van der Waals surface area contributed by atoms with Gasteiger partial charge in [-0.2, -0.15) is 0 Å². The van der Waals surface area contributed by atoms with E-state index in [1.807, 2.05) is 0 Å². The van der Waals surface area contributed by atoms with Crippen LogP contribution >= 0.6 is 15.9 Å². The summed E-state index contributed by atoms with van der Waals surface area (Å²) in [5, 5.41) is 2.78. The molecule has 0 fully saturated rings. The Morgan fingerprint density at radius 1 is 1.57 bits per heavy atom. The van der Waals surface area contributed by atoms with Gasteiger partial charge in [0.15, 0.2) is 5.78 Å². The van der Waals surface area contributed by atoms with Crippen LogP contribution < -0.4 is 5.32 Å². The van der Waals surface area contributed by atoms with E-state index >= 15 is 0 Å². The zero-order valence-corrected chi connectivity index (χ0v) is 9.40. The molecule has 0 saturated carbocycles. The molecule has 0 spiro atoms. The quantitative estimate of drug-likeness (QED) is 0.842. The lowest BCUT2D eigenvalue weighted by molar-refractivity contribution is 0.0993. The Labute approximate surface area is 90.6 Å². The fraction of sp³-hybridized carbons (Fsp3) is 0.300. The summed E-state index contributed by atoms with van der Waals surface area (Å²) in [5.41, 5.74) is 1.15. The van der Waals surface area contributed by atoms with Crippen LogP contribution in [0.4, 0.5) is 4.39 Å². The summed E-state index contributed by atoms with van der Waals surface area (Å²) in [7, 11) is 1.71. The lowest BCUT2D eigenvalue weighted by atomic mass is 10.1. The third-order valence-electron chi connectivity index (χ3n) is 1.86. The highest BCUT2D eigenvalue weighted by molar-refractivity contribution is 9.10. The molecule has 0 aromatic heterocycles. The second-order valence-corrected chi connectivity index (χ2v) is 3.75. The maximum atomic E-state index is 12.3. The van der Waals surface area contributed by atoms with Crippen LogP contribution in [0.15, 0.2) is 22.7 Å². The molecule has 0 aliphatic heterocycles. The molecule has 0 unspecified atom stereocenters. The topological polar surface area (TPSA) is 29.1 Å². The van der Waals surface area contributed by atoms with Gasteiger partial charge >= 0.3 is 0 Å². The maximum Gasteiger partial charge on any atom is 0.176 e. The van der Waals surface area contributed by atoms with Crippen LogP contribution in [0.5, 0.6) is 0 Å². The highest BCUT2D eigenvalue weighted by atomic mass is 79.9. The van der Waals surface area contributed by atoms with Crippen LogP contribution in [0.3, 0.4) is 0 Å². The lowest BCUT2D eigenvalue weighted by Crippen LogP contribution is -2.18. The van der Waals surface area contributed by atoms with Gasteiger partial charge in [-0.1, -0.05) is 28.1 Å². The predicted molar refractivity (Wildman–Crippen MR) is 57.2 cm³/mol. The van der Waals surface area contributed by atoms with Crippen molar-refractivity contribution in [1.29, 1.82) is 0 Å². The lowest BCUT2D eigenvalue weighted by Gasteiger charge is -2.03. The Morgan fingerprint density at radius 3 is 2.79 bits per heavy atom. The second-order valence-electron chi connectivity index (χ2n) is 2.89. The fourth-order valence-electron chi connectivity index (χ4n) is 1.09. The zero-order chi connectivity index (χ0) is 10.6. The van der Waals surface area contributed by atoms with E-state index in [9.17, 15) is 9.18 Å². The molecule has 0 aliphatic carbocycles. The monoisotopic (exact) mass is 259 g/mol. The molecule has 4 heteroatoms. The van der Waals surface area contributed by atoms with Gasteiger partial charge in [-0.05, 0) is 18.7 Å². The number of nitrogens with one attached hydrogen (secondary N) is 1. The number of likely N-dealkylation sites (N-methyl/N-ethyl adjacent to an activating group) is 1. The average molecular weight is 260 g/mol. The minimum Gasteiger partial charge on any atom is -0.313 e. The van der Waals surface area contributed by atoms with Crippen molar-refractivity contribution in [1.82, 2.24) is 5.32 Å². The van der Waals surface area contributed by atoms with Crippen LogP contribution in [-0.2, 0) is 6.67 Å². The zero-order valence-electron chi connectivity index (χ0n) is 7.81. The summed E-state index contributed by atoms with van der Waals surface area (Å²) in [5.74, 6) is -0.00129. The summed E-state index contributed by atoms with van der Waals surface area (Å²) in [6.07, 6.45) is 0. The van der Waals surface area contributed by atoms with Gasteiger partial charge in [-0.15, -0.1) is 0 Å². The van der Waals surface area contributed by atoms with E-state index in [1.165, 1.54) is 0 Å². The summed E-state index contributed by atoms with van der Waals surface area (Å²) in [6, 6.07) is 4.90. The molecule has 0 atom stereocenters. The van der Waals surface area contributed by atoms with Gasteiger partial charge in [0.25, 0.3) is 0 Å². The minimum atomic E-state index is -0.527. The Kier molecular flexibility index (Phi) is 4.22. The van der Waals surface area contributed by atoms with Gasteiger partial charge in [0, 0.05) is 10.0 Å². The maximum absolute atomic E-state index is 12.3. The number of hydrogen-bond donors (Lipinski definition) is 1. The van der Waals surface area contributed by atoms with E-state index in [4.69, 9.17) is 0 Å². The highest BCUT2D eigenvalue weighted by Crippen LogP contribution is 2.19. The van der Waals surface area contributed by atoms with Crippen molar-refractivity contribution in [2.24, 2.45) is 0 Å². The Morgan fingerprint density at radius 2 is 2.29 bits per heavy atom. The van der Waals surface area contributed by atoms with Crippen molar-refractivity contribution >= 4 is 21.7 Å². The Bertz CT molecular complexity index is 341. The molecular weight excluding hydrogens is 249 g/mol.